The molecule has 5 heteroatoms. The van der Waals surface area contributed by atoms with E-state index in [-0.39, 0.29) is 19.1 Å². The van der Waals surface area contributed by atoms with Crippen molar-refractivity contribution in [3.05, 3.63) is 58.3 Å². The van der Waals surface area contributed by atoms with Crippen LogP contribution >= 0.6 is 15.9 Å². The second-order valence-electron chi connectivity index (χ2n) is 4.47. The molecule has 0 aliphatic heterocycles. The molecule has 0 aliphatic rings. The van der Waals surface area contributed by atoms with E-state index in [1.165, 1.54) is 0 Å². The predicted molar refractivity (Wildman–Crippen MR) is 88.7 cm³/mol. The van der Waals surface area contributed by atoms with Crippen LogP contribution in [0.25, 0.3) is 0 Å². The molecule has 1 aromatic carbocycles. The van der Waals surface area contributed by atoms with Crippen LogP contribution in [-0.4, -0.2) is 24.0 Å². The van der Waals surface area contributed by atoms with Gasteiger partial charge >= 0.3 is 0 Å². The molecule has 0 bridgehead atoms. The number of ether oxygens (including phenoxy) is 1. The minimum Gasteiger partial charge on any atom is -0.479 e. The van der Waals surface area contributed by atoms with E-state index in [0.29, 0.717) is 11.3 Å². The predicted octanol–water partition coefficient (Wildman–Crippen LogP) is 2.96. The first-order chi connectivity index (χ1) is 10.6. The van der Waals surface area contributed by atoms with Crippen molar-refractivity contribution in [2.75, 3.05) is 13.2 Å². The van der Waals surface area contributed by atoms with E-state index in [9.17, 15) is 4.79 Å². The number of rotatable bonds is 4. The lowest BCUT2D eigenvalue weighted by Gasteiger charge is -2.02. The van der Waals surface area contributed by atoms with E-state index in [1.54, 1.807) is 18.3 Å². The maximum Gasteiger partial charge on any atom is 0.252 e. The molecule has 1 N–H and O–H groups in total. The number of hydrogen-bond donors (Lipinski definition) is 1. The number of nitrogens with zero attached hydrogens (tertiary/aromatic N) is 1. The molecule has 0 aliphatic carbocycles. The number of aromatic nitrogens is 1. The fraction of sp³-hybridized carbons (Fsp3) is 0.176. The first-order valence-electron chi connectivity index (χ1n) is 6.70. The molecule has 22 heavy (non-hydrogen) atoms. The number of carbonyl (C=O) groups excluding carboxylic acids is 1. The Morgan fingerprint density at radius 1 is 1.32 bits per heavy atom. The molecule has 1 heterocycles. The molecule has 0 atom stereocenters. The van der Waals surface area contributed by atoms with Gasteiger partial charge in [0, 0.05) is 15.7 Å². The van der Waals surface area contributed by atoms with E-state index >= 15 is 0 Å². The molecule has 0 spiro atoms. The lowest BCUT2D eigenvalue weighted by Crippen LogP contribution is -2.23. The highest BCUT2D eigenvalue weighted by molar-refractivity contribution is 9.10. The van der Waals surface area contributed by atoms with Crippen LogP contribution in [0.4, 0.5) is 0 Å². The Labute approximate surface area is 138 Å². The largest absolute Gasteiger partial charge is 0.479 e. The molecule has 0 radical (unpaired) electrons. The van der Waals surface area contributed by atoms with Crippen molar-refractivity contribution >= 4 is 21.8 Å². The van der Waals surface area contributed by atoms with Gasteiger partial charge in [-0.1, -0.05) is 33.8 Å². The van der Waals surface area contributed by atoms with Crippen molar-refractivity contribution in [1.29, 1.82) is 0 Å². The topological polar surface area (TPSA) is 51.2 Å². The number of amides is 1. The van der Waals surface area contributed by atoms with E-state index < -0.39 is 0 Å². The Kier molecular flexibility index (Phi) is 5.99. The first kappa shape index (κ1) is 16.1. The molecule has 0 saturated carbocycles. The summed E-state index contributed by atoms with van der Waals surface area (Å²) in [4.78, 5) is 16.0. The van der Waals surface area contributed by atoms with Gasteiger partial charge in [-0.05, 0) is 37.3 Å². The minimum absolute atomic E-state index is 0.153. The Bertz CT molecular complexity index is 703. The molecule has 0 unspecified atom stereocenters. The van der Waals surface area contributed by atoms with Crippen LogP contribution in [0.2, 0.25) is 0 Å². The summed E-state index contributed by atoms with van der Waals surface area (Å²) >= 11 is 3.33. The van der Waals surface area contributed by atoms with Crippen LogP contribution in [0, 0.1) is 18.8 Å². The molecule has 1 aromatic heterocycles. The Morgan fingerprint density at radius 3 is 2.91 bits per heavy atom. The average molecular weight is 359 g/mol. The van der Waals surface area contributed by atoms with Crippen LogP contribution in [-0.2, 0) is 0 Å². The molecule has 2 rings (SSSR count). The van der Waals surface area contributed by atoms with Gasteiger partial charge in [-0.3, -0.25) is 9.78 Å². The van der Waals surface area contributed by atoms with Crippen molar-refractivity contribution in [1.82, 2.24) is 10.3 Å². The SMILES string of the molecule is Cc1ccc(OCC#CCNC(=O)c2cccc(Br)c2)cn1. The van der Waals surface area contributed by atoms with E-state index in [2.05, 4.69) is 38.1 Å². The van der Waals surface area contributed by atoms with Gasteiger partial charge in [0.05, 0.1) is 12.7 Å². The molecular weight excluding hydrogens is 344 g/mol. The lowest BCUT2D eigenvalue weighted by molar-refractivity contribution is 0.0958. The zero-order valence-corrected chi connectivity index (χ0v) is 13.7. The van der Waals surface area contributed by atoms with Crippen molar-refractivity contribution in [3.63, 3.8) is 0 Å². The van der Waals surface area contributed by atoms with E-state index in [1.807, 2.05) is 31.2 Å². The van der Waals surface area contributed by atoms with Crippen molar-refractivity contribution in [2.45, 2.75) is 6.92 Å². The molecule has 4 nitrogen and oxygen atoms in total. The number of nitrogens with one attached hydrogen (secondary N) is 1. The standard InChI is InChI=1S/C17H15BrN2O2/c1-13-7-8-16(12-20-13)22-10-3-2-9-19-17(21)14-5-4-6-15(18)11-14/h4-8,11-12H,9-10H2,1H3,(H,19,21). The van der Waals surface area contributed by atoms with Crippen molar-refractivity contribution < 1.29 is 9.53 Å². The number of carbonyl (C=O) groups is 1. The normalized spacial score (nSPS) is 9.55. The highest BCUT2D eigenvalue weighted by Crippen LogP contribution is 2.11. The number of benzene rings is 1. The van der Waals surface area contributed by atoms with Gasteiger partial charge < -0.3 is 10.1 Å². The number of hydrogen-bond acceptors (Lipinski definition) is 3. The molecule has 0 saturated heterocycles. The van der Waals surface area contributed by atoms with Crippen LogP contribution < -0.4 is 10.1 Å². The molecule has 112 valence electrons. The maximum atomic E-state index is 11.8. The molecular formula is C17H15BrN2O2. The third-order valence-electron chi connectivity index (χ3n) is 2.74. The zero-order chi connectivity index (χ0) is 15.8. The Balaban J connectivity index is 1.73. The smallest absolute Gasteiger partial charge is 0.252 e. The highest BCUT2D eigenvalue weighted by atomic mass is 79.9. The van der Waals surface area contributed by atoms with Crippen molar-refractivity contribution in [2.24, 2.45) is 0 Å². The lowest BCUT2D eigenvalue weighted by atomic mass is 10.2. The Hall–Kier alpha value is -2.32. The zero-order valence-electron chi connectivity index (χ0n) is 12.1. The summed E-state index contributed by atoms with van der Waals surface area (Å²) in [5.74, 6) is 6.21. The monoisotopic (exact) mass is 358 g/mol. The summed E-state index contributed by atoms with van der Waals surface area (Å²) < 4.78 is 6.28. The molecule has 0 fully saturated rings. The third-order valence-corrected chi connectivity index (χ3v) is 3.24. The Morgan fingerprint density at radius 2 is 2.18 bits per heavy atom. The second kappa shape index (κ2) is 8.20. The van der Waals surface area contributed by atoms with Crippen molar-refractivity contribution in [3.8, 4) is 17.6 Å². The van der Waals surface area contributed by atoms with Gasteiger partial charge in [-0.25, -0.2) is 0 Å². The summed E-state index contributed by atoms with van der Waals surface area (Å²) in [7, 11) is 0. The summed E-state index contributed by atoms with van der Waals surface area (Å²) in [5, 5.41) is 2.73. The van der Waals surface area contributed by atoms with Crippen LogP contribution in [0.15, 0.2) is 47.1 Å². The quantitative estimate of drug-likeness (QED) is 0.854. The average Bonchev–Trinajstić information content (AvgIpc) is 2.52. The van der Waals surface area contributed by atoms with Gasteiger partial charge in [-0.2, -0.15) is 0 Å². The number of pyridine rings is 1. The maximum absolute atomic E-state index is 11.8. The van der Waals surface area contributed by atoms with Crippen LogP contribution in [0.5, 0.6) is 5.75 Å². The fourth-order valence-electron chi connectivity index (χ4n) is 1.63. The van der Waals surface area contributed by atoms with Crippen LogP contribution in [0.1, 0.15) is 16.1 Å². The number of halogens is 1. The number of aryl methyl sites for hydroxylation is 1. The molecule has 1 amide bonds. The minimum atomic E-state index is -0.153. The summed E-state index contributed by atoms with van der Waals surface area (Å²) in [6.07, 6.45) is 1.66. The van der Waals surface area contributed by atoms with Gasteiger partial charge in [0.2, 0.25) is 0 Å². The van der Waals surface area contributed by atoms with E-state index in [4.69, 9.17) is 4.74 Å². The summed E-state index contributed by atoms with van der Waals surface area (Å²) in [6, 6.07) is 10.9. The van der Waals surface area contributed by atoms with Gasteiger partial charge in [0.15, 0.2) is 0 Å². The van der Waals surface area contributed by atoms with Gasteiger partial charge in [0.1, 0.15) is 12.4 Å². The highest BCUT2D eigenvalue weighted by Gasteiger charge is 2.03. The summed E-state index contributed by atoms with van der Waals surface area (Å²) in [5.41, 5.74) is 1.53. The van der Waals surface area contributed by atoms with Crippen LogP contribution in [0.3, 0.4) is 0 Å². The van der Waals surface area contributed by atoms with Gasteiger partial charge in [-0.15, -0.1) is 0 Å². The second-order valence-corrected chi connectivity index (χ2v) is 5.39. The van der Waals surface area contributed by atoms with Gasteiger partial charge in [0.25, 0.3) is 5.91 Å². The molecule has 2 aromatic rings. The first-order valence-corrected chi connectivity index (χ1v) is 7.49. The third kappa shape index (κ3) is 5.23. The van der Waals surface area contributed by atoms with E-state index in [0.717, 1.165) is 10.2 Å². The fourth-order valence-corrected chi connectivity index (χ4v) is 2.03. The summed E-state index contributed by atoms with van der Waals surface area (Å²) in [6.45, 7) is 2.45.